The molecule has 158 valence electrons. The topological polar surface area (TPSA) is 25.4 Å². The maximum Gasteiger partial charge on any atom is 0.142 e. The quantitative estimate of drug-likeness (QED) is 0.441. The predicted molar refractivity (Wildman–Crippen MR) is 119 cm³/mol. The Morgan fingerprint density at radius 1 is 1.07 bits per heavy atom. The van der Waals surface area contributed by atoms with Crippen LogP contribution in [0.15, 0.2) is 53.1 Å². The van der Waals surface area contributed by atoms with Gasteiger partial charge in [0.05, 0.1) is 24.9 Å². The number of hydrogen-bond acceptors (Lipinski definition) is 3. The fourth-order valence-corrected chi connectivity index (χ4v) is 4.79. The fourth-order valence-electron chi connectivity index (χ4n) is 4.26. The third kappa shape index (κ3) is 4.71. The monoisotopic (exact) mass is 474 g/mol. The number of aromatic nitrogens is 1. The molecule has 1 fully saturated rings. The second-order valence-electron chi connectivity index (χ2n) is 8.18. The first-order chi connectivity index (χ1) is 14.4. The Balaban J connectivity index is 1.47. The van der Waals surface area contributed by atoms with Crippen molar-refractivity contribution < 1.29 is 13.5 Å². The average Bonchev–Trinajstić information content (AvgIpc) is 2.73. The van der Waals surface area contributed by atoms with E-state index in [4.69, 9.17) is 4.74 Å². The highest BCUT2D eigenvalue weighted by Crippen LogP contribution is 2.36. The summed E-state index contributed by atoms with van der Waals surface area (Å²) in [5, 5.41) is 0.775. The summed E-state index contributed by atoms with van der Waals surface area (Å²) in [7, 11) is 2.13. The van der Waals surface area contributed by atoms with Crippen molar-refractivity contribution in [3.63, 3.8) is 0 Å². The van der Waals surface area contributed by atoms with Gasteiger partial charge in [0.1, 0.15) is 11.6 Å². The van der Waals surface area contributed by atoms with Crippen LogP contribution in [0.2, 0.25) is 0 Å². The smallest absolute Gasteiger partial charge is 0.142 e. The van der Waals surface area contributed by atoms with E-state index in [1.807, 2.05) is 24.3 Å². The summed E-state index contributed by atoms with van der Waals surface area (Å²) in [5.74, 6) is -0.556. The van der Waals surface area contributed by atoms with Crippen LogP contribution >= 0.6 is 15.9 Å². The molecule has 1 aliphatic rings. The number of likely N-dealkylation sites (tertiary alicyclic amines) is 1. The van der Waals surface area contributed by atoms with Crippen LogP contribution in [0.3, 0.4) is 0 Å². The van der Waals surface area contributed by atoms with Gasteiger partial charge in [0.25, 0.3) is 0 Å². The molecule has 0 N–H and O–H groups in total. The molecule has 3 nitrogen and oxygen atoms in total. The molecule has 0 atom stereocenters. The van der Waals surface area contributed by atoms with E-state index in [2.05, 4.69) is 32.9 Å². The van der Waals surface area contributed by atoms with Crippen molar-refractivity contribution in [2.45, 2.75) is 24.7 Å². The molecule has 1 aliphatic heterocycles. The minimum Gasteiger partial charge on any atom is -0.380 e. The molecule has 0 amide bonds. The first-order valence-electron chi connectivity index (χ1n) is 10.2. The van der Waals surface area contributed by atoms with Crippen molar-refractivity contribution in [1.82, 2.24) is 9.88 Å². The summed E-state index contributed by atoms with van der Waals surface area (Å²) >= 11 is 3.50. The van der Waals surface area contributed by atoms with Crippen LogP contribution in [-0.4, -0.2) is 43.2 Å². The van der Waals surface area contributed by atoms with Crippen molar-refractivity contribution in [2.24, 2.45) is 0 Å². The van der Waals surface area contributed by atoms with E-state index in [0.29, 0.717) is 19.6 Å². The molecule has 0 spiro atoms. The molecule has 2 aromatic carbocycles. The summed E-state index contributed by atoms with van der Waals surface area (Å²) in [6.45, 7) is 3.13. The molecule has 30 heavy (non-hydrogen) atoms. The molecular weight excluding hydrogens is 450 g/mol. The zero-order chi connectivity index (χ0) is 21.1. The number of hydrogen-bond donors (Lipinski definition) is 0. The molecule has 6 heteroatoms. The first-order valence-corrected chi connectivity index (χ1v) is 11.0. The molecule has 3 aromatic rings. The highest BCUT2D eigenvalue weighted by Gasteiger charge is 2.35. The predicted octanol–water partition coefficient (Wildman–Crippen LogP) is 5.50. The van der Waals surface area contributed by atoms with Gasteiger partial charge in [0.15, 0.2) is 0 Å². The Morgan fingerprint density at radius 3 is 2.53 bits per heavy atom. The Labute approximate surface area is 184 Å². The largest absolute Gasteiger partial charge is 0.380 e. The highest BCUT2D eigenvalue weighted by atomic mass is 79.9. The third-order valence-electron chi connectivity index (χ3n) is 6.09. The van der Waals surface area contributed by atoms with E-state index in [1.54, 1.807) is 0 Å². The van der Waals surface area contributed by atoms with Crippen molar-refractivity contribution in [2.75, 3.05) is 33.4 Å². The maximum atomic E-state index is 13.5. The summed E-state index contributed by atoms with van der Waals surface area (Å²) < 4.78 is 34.1. The number of nitrogens with zero attached hydrogens (tertiary/aromatic N) is 2. The third-order valence-corrected chi connectivity index (χ3v) is 6.55. The summed E-state index contributed by atoms with van der Waals surface area (Å²) in [6.07, 6.45) is 3.90. The molecule has 2 heterocycles. The summed E-state index contributed by atoms with van der Waals surface area (Å²) in [6, 6.07) is 12.2. The molecule has 0 radical (unpaired) electrons. The standard InChI is InChI=1S/C24H25BrF2N2O/c1-29-9-7-24(8-10-29,19-2-4-21(26)5-3-19)16-30-11-6-17-12-20(25)13-18-14-22(27)15-28-23(17)18/h2-5,12-15H,6-11,16H2,1H3. The van der Waals surface area contributed by atoms with E-state index in [9.17, 15) is 8.78 Å². The van der Waals surface area contributed by atoms with Crippen LogP contribution in [0.4, 0.5) is 8.78 Å². The minimum atomic E-state index is -0.341. The Bertz CT molecular complexity index is 1010. The van der Waals surface area contributed by atoms with Crippen LogP contribution in [0, 0.1) is 11.6 Å². The first kappa shape index (κ1) is 21.3. The van der Waals surface area contributed by atoms with Gasteiger partial charge in [-0.15, -0.1) is 0 Å². The van der Waals surface area contributed by atoms with Gasteiger partial charge in [0, 0.05) is 15.3 Å². The lowest BCUT2D eigenvalue weighted by atomic mass is 9.73. The van der Waals surface area contributed by atoms with Crippen LogP contribution in [-0.2, 0) is 16.6 Å². The van der Waals surface area contributed by atoms with E-state index in [-0.39, 0.29) is 17.0 Å². The number of benzene rings is 2. The van der Waals surface area contributed by atoms with Crippen molar-refractivity contribution in [1.29, 1.82) is 0 Å². The van der Waals surface area contributed by atoms with Gasteiger partial charge in [-0.3, -0.25) is 4.98 Å². The van der Waals surface area contributed by atoms with Crippen LogP contribution < -0.4 is 0 Å². The summed E-state index contributed by atoms with van der Waals surface area (Å²) in [4.78, 5) is 6.60. The molecule has 0 unspecified atom stereocenters. The lowest BCUT2D eigenvalue weighted by molar-refractivity contribution is 0.0513. The fraction of sp³-hybridized carbons (Fsp3) is 0.375. The second kappa shape index (κ2) is 9.08. The molecule has 1 aromatic heterocycles. The maximum absolute atomic E-state index is 13.5. The van der Waals surface area contributed by atoms with Gasteiger partial charge >= 0.3 is 0 Å². The SMILES string of the molecule is CN1CCC(COCCc2cc(Br)cc3cc(F)cnc23)(c2ccc(F)cc2)CC1. The van der Waals surface area contributed by atoms with Gasteiger partial charge < -0.3 is 9.64 Å². The molecule has 0 aliphatic carbocycles. The van der Waals surface area contributed by atoms with Crippen molar-refractivity contribution >= 4 is 26.8 Å². The Morgan fingerprint density at radius 2 is 1.80 bits per heavy atom. The van der Waals surface area contributed by atoms with Crippen LogP contribution in [0.25, 0.3) is 10.9 Å². The normalized spacial score (nSPS) is 16.8. The van der Waals surface area contributed by atoms with Crippen LogP contribution in [0.1, 0.15) is 24.0 Å². The number of fused-ring (bicyclic) bond motifs is 1. The number of pyridine rings is 1. The van der Waals surface area contributed by atoms with Gasteiger partial charge in [0.2, 0.25) is 0 Å². The molecule has 0 saturated carbocycles. The van der Waals surface area contributed by atoms with Crippen molar-refractivity contribution in [3.05, 3.63) is 75.9 Å². The highest BCUT2D eigenvalue weighted by molar-refractivity contribution is 9.10. The van der Waals surface area contributed by atoms with Crippen LogP contribution in [0.5, 0.6) is 0 Å². The van der Waals surface area contributed by atoms with E-state index < -0.39 is 0 Å². The number of ether oxygens (including phenoxy) is 1. The van der Waals surface area contributed by atoms with Gasteiger partial charge in [-0.2, -0.15) is 0 Å². The zero-order valence-corrected chi connectivity index (χ0v) is 18.6. The summed E-state index contributed by atoms with van der Waals surface area (Å²) in [5.41, 5.74) is 2.87. The second-order valence-corrected chi connectivity index (χ2v) is 9.10. The minimum absolute atomic E-state index is 0.0963. The van der Waals surface area contributed by atoms with Gasteiger partial charge in [-0.1, -0.05) is 28.1 Å². The zero-order valence-electron chi connectivity index (χ0n) is 17.0. The molecular formula is C24H25BrF2N2O. The lowest BCUT2D eigenvalue weighted by Gasteiger charge is -2.41. The Hall–Kier alpha value is -1.89. The molecule has 0 bridgehead atoms. The Kier molecular flexibility index (Phi) is 6.46. The van der Waals surface area contributed by atoms with Crippen molar-refractivity contribution in [3.8, 4) is 0 Å². The number of halogens is 3. The lowest BCUT2D eigenvalue weighted by Crippen LogP contribution is -2.44. The molecule has 4 rings (SSSR count). The van der Waals surface area contributed by atoms with E-state index in [1.165, 1.54) is 24.4 Å². The average molecular weight is 475 g/mol. The number of rotatable bonds is 6. The number of piperidine rings is 1. The van der Waals surface area contributed by atoms with E-state index in [0.717, 1.165) is 52.4 Å². The molecule has 1 saturated heterocycles. The van der Waals surface area contributed by atoms with Gasteiger partial charge in [-0.05, 0) is 80.9 Å². The van der Waals surface area contributed by atoms with E-state index >= 15 is 0 Å². The van der Waals surface area contributed by atoms with Gasteiger partial charge in [-0.25, -0.2) is 8.78 Å².